The number of nitrogens with zero attached hydrogens (tertiary/aromatic N) is 1. The third kappa shape index (κ3) is 3.39. The molecule has 0 unspecified atom stereocenters. The molecule has 0 fully saturated rings. The molecule has 0 saturated heterocycles. The second kappa shape index (κ2) is 6.11. The molecule has 0 aliphatic rings. The van der Waals surface area contributed by atoms with Gasteiger partial charge in [0.15, 0.2) is 0 Å². The number of rotatable bonds is 5. The summed E-state index contributed by atoms with van der Waals surface area (Å²) in [6, 6.07) is 1.57. The lowest BCUT2D eigenvalue weighted by molar-refractivity contribution is 0.1000. The van der Waals surface area contributed by atoms with Gasteiger partial charge in [-0.05, 0) is 18.9 Å². The Hall–Kier alpha value is -0.740. The zero-order chi connectivity index (χ0) is 12.1. The Kier molecular flexibility index (Phi) is 5.09. The molecule has 1 rings (SSSR count). The van der Waals surface area contributed by atoms with Crippen molar-refractivity contribution in [2.75, 3.05) is 0 Å². The van der Waals surface area contributed by atoms with Crippen molar-refractivity contribution < 1.29 is 4.79 Å². The van der Waals surface area contributed by atoms with E-state index >= 15 is 0 Å². The van der Waals surface area contributed by atoms with E-state index in [-0.39, 0.29) is 0 Å². The van der Waals surface area contributed by atoms with E-state index in [0.29, 0.717) is 15.8 Å². The van der Waals surface area contributed by atoms with Crippen LogP contribution < -0.4 is 5.73 Å². The quantitative estimate of drug-likeness (QED) is 0.826. The average molecular weight is 259 g/mol. The first-order valence-corrected chi connectivity index (χ1v) is 6.46. The molecule has 5 heteroatoms. The van der Waals surface area contributed by atoms with Crippen LogP contribution in [0, 0.1) is 0 Å². The minimum atomic E-state index is -0.506. The highest BCUT2D eigenvalue weighted by molar-refractivity contribution is 8.00. The van der Waals surface area contributed by atoms with Crippen LogP contribution in [0.2, 0.25) is 5.02 Å². The zero-order valence-corrected chi connectivity index (χ0v) is 10.9. The molecule has 1 amide bonds. The number of thioether (sulfide) groups is 1. The van der Waals surface area contributed by atoms with Gasteiger partial charge in [0, 0.05) is 11.4 Å². The van der Waals surface area contributed by atoms with Crippen LogP contribution in [0.15, 0.2) is 17.3 Å². The molecular weight excluding hydrogens is 244 g/mol. The normalized spacial score (nSPS) is 10.8. The summed E-state index contributed by atoms with van der Waals surface area (Å²) in [5.74, 6) is -0.506. The van der Waals surface area contributed by atoms with Crippen LogP contribution in [-0.2, 0) is 0 Å². The molecule has 0 aromatic carbocycles. The SMILES string of the molecule is CCC(CC)Sc1ncc(C(N)=O)cc1Cl. The van der Waals surface area contributed by atoms with Gasteiger partial charge in [-0.15, -0.1) is 11.8 Å². The van der Waals surface area contributed by atoms with Gasteiger partial charge in [-0.25, -0.2) is 4.98 Å². The molecule has 0 atom stereocenters. The summed E-state index contributed by atoms with van der Waals surface area (Å²) in [6.07, 6.45) is 3.60. The Morgan fingerprint density at radius 1 is 1.56 bits per heavy atom. The van der Waals surface area contributed by atoms with Gasteiger partial charge in [-0.3, -0.25) is 4.79 Å². The van der Waals surface area contributed by atoms with Crippen molar-refractivity contribution in [3.05, 3.63) is 22.8 Å². The summed E-state index contributed by atoms with van der Waals surface area (Å²) in [6.45, 7) is 4.26. The standard InChI is InChI=1S/C11H15ClN2OS/c1-3-8(4-2)16-11-9(12)5-7(6-14-11)10(13)15/h5-6,8H,3-4H2,1-2H3,(H2,13,15). The fraction of sp³-hybridized carbons (Fsp3) is 0.455. The summed E-state index contributed by atoms with van der Waals surface area (Å²) in [5, 5.41) is 1.76. The Balaban J connectivity index is 2.86. The van der Waals surface area contributed by atoms with Gasteiger partial charge in [-0.2, -0.15) is 0 Å². The predicted molar refractivity (Wildman–Crippen MR) is 68.0 cm³/mol. The van der Waals surface area contributed by atoms with Crippen molar-refractivity contribution in [1.29, 1.82) is 0 Å². The van der Waals surface area contributed by atoms with Gasteiger partial charge in [0.25, 0.3) is 0 Å². The van der Waals surface area contributed by atoms with Crippen molar-refractivity contribution in [1.82, 2.24) is 4.98 Å². The maximum absolute atomic E-state index is 10.9. The molecular formula is C11H15ClN2OS. The number of hydrogen-bond donors (Lipinski definition) is 1. The molecule has 0 radical (unpaired) electrons. The number of carbonyl (C=O) groups is 1. The number of aromatic nitrogens is 1. The van der Waals surface area contributed by atoms with Crippen LogP contribution in [0.3, 0.4) is 0 Å². The minimum Gasteiger partial charge on any atom is -0.366 e. The molecule has 3 nitrogen and oxygen atoms in total. The molecule has 1 aromatic rings. The molecule has 1 aromatic heterocycles. The molecule has 0 aliphatic heterocycles. The highest BCUT2D eigenvalue weighted by atomic mass is 35.5. The number of carbonyl (C=O) groups excluding carboxylic acids is 1. The van der Waals surface area contributed by atoms with Crippen LogP contribution >= 0.6 is 23.4 Å². The molecule has 16 heavy (non-hydrogen) atoms. The van der Waals surface area contributed by atoms with Gasteiger partial charge in [0.2, 0.25) is 5.91 Å². The first-order valence-electron chi connectivity index (χ1n) is 5.20. The molecule has 1 heterocycles. The van der Waals surface area contributed by atoms with Gasteiger partial charge in [0.1, 0.15) is 5.03 Å². The topological polar surface area (TPSA) is 56.0 Å². The van der Waals surface area contributed by atoms with E-state index < -0.39 is 5.91 Å². The predicted octanol–water partition coefficient (Wildman–Crippen LogP) is 3.11. The largest absolute Gasteiger partial charge is 0.366 e. The Bertz CT molecular complexity index is 380. The van der Waals surface area contributed by atoms with Crippen LogP contribution in [0.25, 0.3) is 0 Å². The Labute approximate surface area is 105 Å². The van der Waals surface area contributed by atoms with E-state index in [1.54, 1.807) is 17.8 Å². The highest BCUT2D eigenvalue weighted by Crippen LogP contribution is 2.31. The maximum atomic E-state index is 10.9. The minimum absolute atomic E-state index is 0.346. The number of primary amides is 1. The third-order valence-corrected chi connectivity index (χ3v) is 4.23. The van der Waals surface area contributed by atoms with Crippen molar-refractivity contribution >= 4 is 29.3 Å². The fourth-order valence-electron chi connectivity index (χ4n) is 1.26. The first-order chi connectivity index (χ1) is 7.58. The summed E-state index contributed by atoms with van der Waals surface area (Å²) in [7, 11) is 0. The van der Waals surface area contributed by atoms with E-state index in [1.807, 2.05) is 0 Å². The van der Waals surface area contributed by atoms with E-state index in [1.165, 1.54) is 6.20 Å². The summed E-state index contributed by atoms with van der Waals surface area (Å²) < 4.78 is 0. The molecule has 0 aliphatic carbocycles. The molecule has 88 valence electrons. The fourth-order valence-corrected chi connectivity index (χ4v) is 2.49. The lowest BCUT2D eigenvalue weighted by atomic mass is 10.3. The lowest BCUT2D eigenvalue weighted by Crippen LogP contribution is -2.11. The monoisotopic (exact) mass is 258 g/mol. The van der Waals surface area contributed by atoms with Crippen LogP contribution in [0.1, 0.15) is 37.0 Å². The van der Waals surface area contributed by atoms with Crippen molar-refractivity contribution in [2.24, 2.45) is 5.73 Å². The lowest BCUT2D eigenvalue weighted by Gasteiger charge is -2.12. The first kappa shape index (κ1) is 13.3. The van der Waals surface area contributed by atoms with Crippen molar-refractivity contribution in [2.45, 2.75) is 37.0 Å². The Morgan fingerprint density at radius 2 is 2.19 bits per heavy atom. The number of pyridine rings is 1. The van der Waals surface area contributed by atoms with E-state index in [9.17, 15) is 4.79 Å². The van der Waals surface area contributed by atoms with Gasteiger partial charge >= 0.3 is 0 Å². The second-order valence-electron chi connectivity index (χ2n) is 3.43. The summed E-state index contributed by atoms with van der Waals surface area (Å²) in [4.78, 5) is 15.1. The van der Waals surface area contributed by atoms with Gasteiger partial charge < -0.3 is 5.73 Å². The number of amides is 1. The van der Waals surface area contributed by atoms with Crippen LogP contribution in [0.4, 0.5) is 0 Å². The van der Waals surface area contributed by atoms with Gasteiger partial charge in [-0.1, -0.05) is 25.4 Å². The maximum Gasteiger partial charge on any atom is 0.250 e. The van der Waals surface area contributed by atoms with Crippen LogP contribution in [-0.4, -0.2) is 16.1 Å². The molecule has 2 N–H and O–H groups in total. The number of halogens is 1. The molecule has 0 spiro atoms. The number of hydrogen-bond acceptors (Lipinski definition) is 3. The Morgan fingerprint density at radius 3 is 2.62 bits per heavy atom. The number of nitrogens with two attached hydrogens (primary N) is 1. The average Bonchev–Trinajstić information content (AvgIpc) is 2.27. The molecule has 0 saturated carbocycles. The molecule has 0 bridgehead atoms. The van der Waals surface area contributed by atoms with Crippen molar-refractivity contribution in [3.63, 3.8) is 0 Å². The second-order valence-corrected chi connectivity index (χ2v) is 5.13. The summed E-state index contributed by atoms with van der Waals surface area (Å²) in [5.41, 5.74) is 5.49. The van der Waals surface area contributed by atoms with Crippen LogP contribution in [0.5, 0.6) is 0 Å². The van der Waals surface area contributed by atoms with E-state index in [4.69, 9.17) is 17.3 Å². The highest BCUT2D eigenvalue weighted by Gasteiger charge is 2.12. The zero-order valence-electron chi connectivity index (χ0n) is 9.37. The van der Waals surface area contributed by atoms with E-state index in [2.05, 4.69) is 18.8 Å². The smallest absolute Gasteiger partial charge is 0.250 e. The summed E-state index contributed by atoms with van der Waals surface area (Å²) >= 11 is 7.68. The van der Waals surface area contributed by atoms with Crippen molar-refractivity contribution in [3.8, 4) is 0 Å². The van der Waals surface area contributed by atoms with E-state index in [0.717, 1.165) is 17.9 Å². The van der Waals surface area contributed by atoms with Gasteiger partial charge in [0.05, 0.1) is 10.6 Å². The third-order valence-electron chi connectivity index (χ3n) is 2.28.